The van der Waals surface area contributed by atoms with E-state index in [9.17, 15) is 4.79 Å². The van der Waals surface area contributed by atoms with Crippen LogP contribution >= 0.6 is 0 Å². The van der Waals surface area contributed by atoms with Crippen molar-refractivity contribution in [3.8, 4) is 0 Å². The molecule has 18 heavy (non-hydrogen) atoms. The van der Waals surface area contributed by atoms with Gasteiger partial charge in [0.05, 0.1) is 19.8 Å². The highest BCUT2D eigenvalue weighted by molar-refractivity contribution is 5.76. The normalized spacial score (nSPS) is 20.1. The number of hydrogen-bond acceptors (Lipinski definition) is 4. The van der Waals surface area contributed by atoms with Crippen molar-refractivity contribution < 1.29 is 14.3 Å². The Morgan fingerprint density at radius 2 is 2.33 bits per heavy atom. The molecular formula is C13H26N2O3. The van der Waals surface area contributed by atoms with E-state index in [2.05, 4.69) is 19.2 Å². The number of rotatable bonds is 7. The van der Waals surface area contributed by atoms with E-state index in [-0.39, 0.29) is 11.9 Å². The van der Waals surface area contributed by atoms with Gasteiger partial charge in [-0.3, -0.25) is 4.79 Å². The van der Waals surface area contributed by atoms with Crippen LogP contribution in [-0.4, -0.2) is 63.4 Å². The van der Waals surface area contributed by atoms with E-state index < -0.39 is 0 Å². The molecule has 0 aromatic heterocycles. The lowest BCUT2D eigenvalue weighted by Gasteiger charge is -2.28. The summed E-state index contributed by atoms with van der Waals surface area (Å²) in [6.07, 6.45) is 0.510. The van der Waals surface area contributed by atoms with Crippen LogP contribution in [0.1, 0.15) is 20.3 Å². The molecule has 0 aromatic carbocycles. The molecule has 1 saturated heterocycles. The molecule has 1 amide bonds. The number of nitrogens with one attached hydrogen (secondary N) is 1. The van der Waals surface area contributed by atoms with Crippen molar-refractivity contribution in [1.82, 2.24) is 10.2 Å². The van der Waals surface area contributed by atoms with Crippen LogP contribution in [0.25, 0.3) is 0 Å². The first-order chi connectivity index (χ1) is 8.63. The van der Waals surface area contributed by atoms with Crippen molar-refractivity contribution in [2.24, 2.45) is 5.92 Å². The van der Waals surface area contributed by atoms with Crippen LogP contribution in [0.4, 0.5) is 0 Å². The third kappa shape index (κ3) is 5.80. The molecule has 1 heterocycles. The van der Waals surface area contributed by atoms with Crippen molar-refractivity contribution in [2.75, 3.05) is 46.6 Å². The zero-order valence-corrected chi connectivity index (χ0v) is 11.8. The molecular weight excluding hydrogens is 232 g/mol. The maximum atomic E-state index is 12.2. The van der Waals surface area contributed by atoms with Crippen LogP contribution in [0, 0.1) is 5.92 Å². The Labute approximate surface area is 110 Å². The molecule has 5 heteroatoms. The highest BCUT2D eigenvalue weighted by Gasteiger charge is 2.21. The molecule has 1 rings (SSSR count). The van der Waals surface area contributed by atoms with Crippen molar-refractivity contribution in [3.05, 3.63) is 0 Å². The summed E-state index contributed by atoms with van der Waals surface area (Å²) in [5.74, 6) is 0.658. The molecule has 0 bridgehead atoms. The van der Waals surface area contributed by atoms with Gasteiger partial charge >= 0.3 is 0 Å². The number of ether oxygens (including phenoxy) is 2. The topological polar surface area (TPSA) is 50.8 Å². The van der Waals surface area contributed by atoms with E-state index in [1.807, 2.05) is 4.90 Å². The van der Waals surface area contributed by atoms with Gasteiger partial charge in [0.25, 0.3) is 0 Å². The smallest absolute Gasteiger partial charge is 0.224 e. The van der Waals surface area contributed by atoms with Crippen molar-refractivity contribution in [3.63, 3.8) is 0 Å². The average molecular weight is 258 g/mol. The lowest BCUT2D eigenvalue weighted by atomic mass is 10.1. The van der Waals surface area contributed by atoms with Gasteiger partial charge in [0.15, 0.2) is 0 Å². The number of carbonyl (C=O) groups is 1. The molecule has 1 N–H and O–H groups in total. The number of methoxy groups -OCH3 is 1. The minimum Gasteiger partial charge on any atom is -0.383 e. The summed E-state index contributed by atoms with van der Waals surface area (Å²) in [5.41, 5.74) is 0. The summed E-state index contributed by atoms with van der Waals surface area (Å²) in [6, 6.07) is 0.156. The Bertz CT molecular complexity index is 240. The van der Waals surface area contributed by atoms with Crippen LogP contribution in [0.2, 0.25) is 0 Å². The van der Waals surface area contributed by atoms with Gasteiger partial charge in [-0.05, 0) is 5.92 Å². The van der Waals surface area contributed by atoms with Gasteiger partial charge in [0.2, 0.25) is 5.91 Å². The molecule has 5 nitrogen and oxygen atoms in total. The Balaban J connectivity index is 2.40. The van der Waals surface area contributed by atoms with Crippen molar-refractivity contribution >= 4 is 5.91 Å². The van der Waals surface area contributed by atoms with Crippen molar-refractivity contribution in [2.45, 2.75) is 26.3 Å². The monoisotopic (exact) mass is 258 g/mol. The average Bonchev–Trinajstić information content (AvgIpc) is 2.35. The van der Waals surface area contributed by atoms with E-state index in [1.54, 1.807) is 7.11 Å². The number of hydrogen-bond donors (Lipinski definition) is 1. The highest BCUT2D eigenvalue weighted by Crippen LogP contribution is 2.06. The standard InChI is InChI=1S/C13H26N2O3/c1-11(2)9-15(5-7-17-3)13(16)8-12-10-18-6-4-14-12/h11-12,14H,4-10H2,1-3H3. The number of carbonyl (C=O) groups excluding carboxylic acids is 1. The summed E-state index contributed by atoms with van der Waals surface area (Å²) in [6.45, 7) is 8.49. The zero-order valence-electron chi connectivity index (χ0n) is 11.8. The minimum atomic E-state index is 0.156. The van der Waals surface area contributed by atoms with Gasteiger partial charge in [-0.2, -0.15) is 0 Å². The van der Waals surface area contributed by atoms with Gasteiger partial charge in [-0.1, -0.05) is 13.8 Å². The summed E-state index contributed by atoms with van der Waals surface area (Å²) >= 11 is 0. The molecule has 0 aliphatic carbocycles. The molecule has 1 aliphatic rings. The first kappa shape index (κ1) is 15.4. The van der Waals surface area contributed by atoms with E-state index in [4.69, 9.17) is 9.47 Å². The second-order valence-corrected chi connectivity index (χ2v) is 5.16. The molecule has 1 atom stereocenters. The van der Waals surface area contributed by atoms with E-state index in [1.165, 1.54) is 0 Å². The third-order valence-corrected chi connectivity index (χ3v) is 2.92. The molecule has 106 valence electrons. The van der Waals surface area contributed by atoms with Crippen LogP contribution in [0.3, 0.4) is 0 Å². The second-order valence-electron chi connectivity index (χ2n) is 5.16. The quantitative estimate of drug-likeness (QED) is 0.722. The van der Waals surface area contributed by atoms with Crippen LogP contribution < -0.4 is 5.32 Å². The van der Waals surface area contributed by atoms with E-state index in [0.29, 0.717) is 32.1 Å². The van der Waals surface area contributed by atoms with Crippen LogP contribution in [0.5, 0.6) is 0 Å². The third-order valence-electron chi connectivity index (χ3n) is 2.92. The largest absolute Gasteiger partial charge is 0.383 e. The number of nitrogens with zero attached hydrogens (tertiary/aromatic N) is 1. The van der Waals surface area contributed by atoms with Crippen molar-refractivity contribution in [1.29, 1.82) is 0 Å². The molecule has 1 fully saturated rings. The fourth-order valence-electron chi connectivity index (χ4n) is 2.05. The van der Waals surface area contributed by atoms with Gasteiger partial charge in [0.1, 0.15) is 0 Å². The maximum Gasteiger partial charge on any atom is 0.224 e. The van der Waals surface area contributed by atoms with Gasteiger partial charge in [0, 0.05) is 39.2 Å². The highest BCUT2D eigenvalue weighted by atomic mass is 16.5. The minimum absolute atomic E-state index is 0.156. The van der Waals surface area contributed by atoms with Crippen LogP contribution in [-0.2, 0) is 14.3 Å². The maximum absolute atomic E-state index is 12.2. The van der Waals surface area contributed by atoms with E-state index in [0.717, 1.165) is 19.7 Å². The van der Waals surface area contributed by atoms with Gasteiger partial charge in [-0.25, -0.2) is 0 Å². The Hall–Kier alpha value is -0.650. The van der Waals surface area contributed by atoms with Crippen LogP contribution in [0.15, 0.2) is 0 Å². The van der Waals surface area contributed by atoms with E-state index >= 15 is 0 Å². The molecule has 0 spiro atoms. The summed E-state index contributed by atoms with van der Waals surface area (Å²) < 4.78 is 10.4. The lowest BCUT2D eigenvalue weighted by molar-refractivity contribution is -0.133. The molecule has 1 aliphatic heterocycles. The first-order valence-electron chi connectivity index (χ1n) is 6.71. The Kier molecular flexibility index (Phi) is 7.23. The van der Waals surface area contributed by atoms with Gasteiger partial charge < -0.3 is 19.7 Å². The Morgan fingerprint density at radius 3 is 2.89 bits per heavy atom. The first-order valence-corrected chi connectivity index (χ1v) is 6.71. The molecule has 0 radical (unpaired) electrons. The predicted molar refractivity (Wildman–Crippen MR) is 70.5 cm³/mol. The summed E-state index contributed by atoms with van der Waals surface area (Å²) in [4.78, 5) is 14.1. The molecule has 0 aromatic rings. The summed E-state index contributed by atoms with van der Waals surface area (Å²) in [5, 5.41) is 3.31. The molecule has 0 saturated carbocycles. The number of morpholine rings is 1. The number of amides is 1. The SMILES string of the molecule is COCCN(CC(C)C)C(=O)CC1COCCN1. The zero-order chi connectivity index (χ0) is 13.4. The fraction of sp³-hybridized carbons (Fsp3) is 0.923. The second kappa shape index (κ2) is 8.45. The lowest BCUT2D eigenvalue weighted by Crippen LogP contribution is -2.46. The van der Waals surface area contributed by atoms with Gasteiger partial charge in [-0.15, -0.1) is 0 Å². The summed E-state index contributed by atoms with van der Waals surface area (Å²) in [7, 11) is 1.66. The molecule has 1 unspecified atom stereocenters. The fourth-order valence-corrected chi connectivity index (χ4v) is 2.05. The predicted octanol–water partition coefficient (Wildman–Crippen LogP) is 0.496. The Morgan fingerprint density at radius 1 is 1.56 bits per heavy atom.